The second kappa shape index (κ2) is 12.2. The molecule has 1 fully saturated rings. The van der Waals surface area contributed by atoms with Crippen LogP contribution in [-0.4, -0.2) is 74.4 Å². The van der Waals surface area contributed by atoms with Crippen molar-refractivity contribution < 1.29 is 24.0 Å². The molecule has 0 aliphatic carbocycles. The molecule has 10 nitrogen and oxygen atoms in total. The van der Waals surface area contributed by atoms with Crippen LogP contribution in [0.2, 0.25) is 0 Å². The molecule has 1 saturated heterocycles. The Morgan fingerprint density at radius 3 is 2.56 bits per heavy atom. The molecular weight excluding hydrogens is 460 g/mol. The third kappa shape index (κ3) is 7.09. The van der Waals surface area contributed by atoms with Crippen LogP contribution < -0.4 is 15.0 Å². The molecule has 11 heteroatoms. The number of methoxy groups -OCH3 is 1. The minimum absolute atomic E-state index is 0.0708. The van der Waals surface area contributed by atoms with Crippen LogP contribution in [-0.2, 0) is 20.1 Å². The van der Waals surface area contributed by atoms with E-state index >= 15 is 0 Å². The van der Waals surface area contributed by atoms with Crippen LogP contribution in [0.15, 0.2) is 42.5 Å². The number of nitro benzene ring substituents is 1. The van der Waals surface area contributed by atoms with Crippen LogP contribution in [0, 0.1) is 10.1 Å². The van der Waals surface area contributed by atoms with Gasteiger partial charge in [-0.2, -0.15) is 0 Å². The fraction of sp³-hybridized carbons (Fsp3) is 0.391. The smallest absolute Gasteiger partial charge is 0.311 e. The van der Waals surface area contributed by atoms with Crippen molar-refractivity contribution in [1.29, 1.82) is 0 Å². The number of carbonyl (C=O) groups is 2. The molecule has 3 rings (SSSR count). The first kappa shape index (κ1) is 25.3. The van der Waals surface area contributed by atoms with Gasteiger partial charge in [0.2, 0.25) is 11.8 Å². The maximum absolute atomic E-state index is 12.4. The number of carbonyl (C=O) groups excluding carboxylic acids is 2. The normalized spacial score (nSPS) is 13.3. The third-order valence-electron chi connectivity index (χ3n) is 5.27. The molecule has 0 spiro atoms. The highest BCUT2D eigenvalue weighted by Crippen LogP contribution is 2.29. The first-order valence-electron chi connectivity index (χ1n) is 10.7. The summed E-state index contributed by atoms with van der Waals surface area (Å²) in [6.45, 7) is 3.02. The molecule has 0 unspecified atom stereocenters. The van der Waals surface area contributed by atoms with E-state index < -0.39 is 4.92 Å². The molecule has 1 heterocycles. The van der Waals surface area contributed by atoms with Gasteiger partial charge in [-0.25, -0.2) is 0 Å². The van der Waals surface area contributed by atoms with Crippen LogP contribution in [0.25, 0.3) is 0 Å². The molecule has 2 aromatic rings. The Morgan fingerprint density at radius 2 is 1.91 bits per heavy atom. The van der Waals surface area contributed by atoms with Gasteiger partial charge in [-0.05, 0) is 35.9 Å². The molecule has 0 saturated carbocycles. The van der Waals surface area contributed by atoms with Crippen molar-refractivity contribution >= 4 is 40.6 Å². The predicted molar refractivity (Wildman–Crippen MR) is 132 cm³/mol. The number of morpholine rings is 1. The minimum Gasteiger partial charge on any atom is -0.490 e. The van der Waals surface area contributed by atoms with E-state index in [1.807, 2.05) is 24.3 Å². The molecular formula is C23H28N4O6S. The number of benzene rings is 2. The molecule has 182 valence electrons. The third-order valence-corrected chi connectivity index (χ3v) is 6.26. The summed E-state index contributed by atoms with van der Waals surface area (Å²) in [6.07, 6.45) is 0. The highest BCUT2D eigenvalue weighted by atomic mass is 32.2. The Kier molecular flexibility index (Phi) is 9.11. The molecule has 34 heavy (non-hydrogen) atoms. The lowest BCUT2D eigenvalue weighted by molar-refractivity contribution is -0.385. The summed E-state index contributed by atoms with van der Waals surface area (Å²) < 4.78 is 10.4. The van der Waals surface area contributed by atoms with Crippen molar-refractivity contribution in [2.45, 2.75) is 5.75 Å². The zero-order valence-electron chi connectivity index (χ0n) is 19.2. The number of amides is 2. The van der Waals surface area contributed by atoms with Gasteiger partial charge >= 0.3 is 5.69 Å². The maximum atomic E-state index is 12.4. The number of nitrogens with zero attached hydrogens (tertiary/aromatic N) is 3. The summed E-state index contributed by atoms with van der Waals surface area (Å²) >= 11 is 1.32. The first-order chi connectivity index (χ1) is 16.4. The summed E-state index contributed by atoms with van der Waals surface area (Å²) in [5, 5.41) is 13.9. The van der Waals surface area contributed by atoms with Gasteiger partial charge < -0.3 is 24.6 Å². The topological polar surface area (TPSA) is 114 Å². The van der Waals surface area contributed by atoms with E-state index in [9.17, 15) is 19.7 Å². The lowest BCUT2D eigenvalue weighted by Crippen LogP contribution is -2.36. The van der Waals surface area contributed by atoms with Gasteiger partial charge in [-0.3, -0.25) is 19.7 Å². The van der Waals surface area contributed by atoms with Gasteiger partial charge in [0.15, 0.2) is 5.75 Å². The summed E-state index contributed by atoms with van der Waals surface area (Å²) in [6, 6.07) is 12.3. The number of thioether (sulfide) groups is 1. The Morgan fingerprint density at radius 1 is 1.21 bits per heavy atom. The van der Waals surface area contributed by atoms with Crippen LogP contribution in [0.4, 0.5) is 17.1 Å². The lowest BCUT2D eigenvalue weighted by Gasteiger charge is -2.28. The monoisotopic (exact) mass is 488 g/mol. The van der Waals surface area contributed by atoms with Gasteiger partial charge in [-0.15, -0.1) is 11.8 Å². The molecule has 0 bridgehead atoms. The number of anilines is 2. The SMILES string of the molecule is COc1ccc(CSCC(=O)N(C)CC(=O)Nc2ccc(N3CCOCC3)cc2)cc1[N+](=O)[O-]. The fourth-order valence-electron chi connectivity index (χ4n) is 3.42. The quantitative estimate of drug-likeness (QED) is 0.401. The van der Waals surface area contributed by atoms with E-state index in [0.29, 0.717) is 30.2 Å². The zero-order chi connectivity index (χ0) is 24.5. The van der Waals surface area contributed by atoms with Crippen molar-refractivity contribution in [2.24, 2.45) is 0 Å². The molecule has 1 aliphatic rings. The van der Waals surface area contributed by atoms with Crippen LogP contribution in [0.3, 0.4) is 0 Å². The Labute approximate surface area is 202 Å². The Bertz CT molecular complexity index is 1010. The molecule has 0 aromatic heterocycles. The van der Waals surface area contributed by atoms with E-state index in [1.165, 1.54) is 29.8 Å². The van der Waals surface area contributed by atoms with Crippen molar-refractivity contribution in [2.75, 3.05) is 63.0 Å². The summed E-state index contributed by atoms with van der Waals surface area (Å²) in [5.41, 5.74) is 2.34. The largest absolute Gasteiger partial charge is 0.490 e. The predicted octanol–water partition coefficient (Wildman–Crippen LogP) is 2.77. The van der Waals surface area contributed by atoms with Crippen LogP contribution >= 0.6 is 11.8 Å². The number of ether oxygens (including phenoxy) is 2. The summed E-state index contributed by atoms with van der Waals surface area (Å²) in [7, 11) is 2.95. The molecule has 2 aromatic carbocycles. The Balaban J connectivity index is 1.43. The van der Waals surface area contributed by atoms with Gasteiger partial charge in [0, 0.05) is 43.3 Å². The van der Waals surface area contributed by atoms with Crippen LogP contribution in [0.5, 0.6) is 5.75 Å². The van der Waals surface area contributed by atoms with Gasteiger partial charge in [0.25, 0.3) is 0 Å². The zero-order valence-corrected chi connectivity index (χ0v) is 20.0. The number of hydrogen-bond acceptors (Lipinski definition) is 8. The van der Waals surface area contributed by atoms with Crippen LogP contribution in [0.1, 0.15) is 5.56 Å². The van der Waals surface area contributed by atoms with Crippen molar-refractivity contribution in [1.82, 2.24) is 4.90 Å². The second-order valence-electron chi connectivity index (χ2n) is 7.70. The van der Waals surface area contributed by atoms with Gasteiger partial charge in [0.1, 0.15) is 0 Å². The van der Waals surface area contributed by atoms with Gasteiger partial charge in [-0.1, -0.05) is 6.07 Å². The summed E-state index contributed by atoms with van der Waals surface area (Å²) in [5.74, 6) is 0.275. The number of likely N-dealkylation sites (N-methyl/N-ethyl adjacent to an activating group) is 1. The maximum Gasteiger partial charge on any atom is 0.311 e. The number of nitro groups is 1. The molecule has 0 atom stereocenters. The van der Waals surface area contributed by atoms with E-state index in [4.69, 9.17) is 9.47 Å². The van der Waals surface area contributed by atoms with Crippen molar-refractivity contribution in [3.05, 3.63) is 58.1 Å². The standard InChI is InChI=1S/C23H28N4O6S/c1-25(23(29)16-34-15-17-3-8-21(32-2)20(13-17)27(30)31)14-22(28)24-18-4-6-19(7-5-18)26-9-11-33-12-10-26/h3-8,13H,9-12,14-16H2,1-2H3,(H,24,28). The Hall–Kier alpha value is -3.31. The van der Waals surface area contributed by atoms with E-state index in [-0.39, 0.29) is 35.5 Å². The average Bonchev–Trinajstić information content (AvgIpc) is 2.84. The van der Waals surface area contributed by atoms with E-state index in [2.05, 4.69) is 10.2 Å². The van der Waals surface area contributed by atoms with E-state index in [0.717, 1.165) is 18.8 Å². The minimum atomic E-state index is -0.499. The number of rotatable bonds is 10. The summed E-state index contributed by atoms with van der Waals surface area (Å²) in [4.78, 5) is 39.0. The number of hydrogen-bond donors (Lipinski definition) is 1. The highest BCUT2D eigenvalue weighted by Gasteiger charge is 2.17. The average molecular weight is 489 g/mol. The molecule has 1 aliphatic heterocycles. The van der Waals surface area contributed by atoms with Crippen molar-refractivity contribution in [3.63, 3.8) is 0 Å². The number of nitrogens with one attached hydrogen (secondary N) is 1. The molecule has 2 amide bonds. The lowest BCUT2D eigenvalue weighted by atomic mass is 10.2. The molecule has 0 radical (unpaired) electrons. The van der Waals surface area contributed by atoms with Gasteiger partial charge in [0.05, 0.1) is 37.5 Å². The highest BCUT2D eigenvalue weighted by molar-refractivity contribution is 7.99. The second-order valence-corrected chi connectivity index (χ2v) is 8.69. The molecule has 1 N–H and O–H groups in total. The fourth-order valence-corrected chi connectivity index (χ4v) is 4.33. The van der Waals surface area contributed by atoms with Crippen molar-refractivity contribution in [3.8, 4) is 5.75 Å². The van der Waals surface area contributed by atoms with E-state index in [1.54, 1.807) is 19.2 Å². The first-order valence-corrected chi connectivity index (χ1v) is 11.9.